The van der Waals surface area contributed by atoms with Gasteiger partial charge in [-0.25, -0.2) is 13.8 Å². The van der Waals surface area contributed by atoms with Crippen LogP contribution >= 0.6 is 0 Å². The van der Waals surface area contributed by atoms with Gasteiger partial charge >= 0.3 is 0 Å². The van der Waals surface area contributed by atoms with E-state index in [9.17, 15) is 8.78 Å². The van der Waals surface area contributed by atoms with Crippen LogP contribution in [0.15, 0.2) is 36.7 Å². The van der Waals surface area contributed by atoms with Crippen LogP contribution < -0.4 is 10.6 Å². The van der Waals surface area contributed by atoms with Crippen LogP contribution in [0, 0.1) is 30.4 Å². The maximum absolute atomic E-state index is 14.7. The third kappa shape index (κ3) is 3.67. The van der Waals surface area contributed by atoms with Crippen LogP contribution in [0.4, 0.5) is 20.4 Å². The fraction of sp³-hybridized carbons (Fsp3) is 0.464. The number of hydrogen-bond acceptors (Lipinski definition) is 5. The Morgan fingerprint density at radius 3 is 2.69 bits per heavy atom. The Labute approximate surface area is 204 Å². The molecule has 3 fully saturated rings. The highest BCUT2D eigenvalue weighted by Gasteiger charge is 2.66. The van der Waals surface area contributed by atoms with Crippen molar-refractivity contribution < 1.29 is 8.78 Å². The molecule has 3 aromatic rings. The normalized spacial score (nSPS) is 25.4. The summed E-state index contributed by atoms with van der Waals surface area (Å²) < 4.78 is 28.7. The first kappa shape index (κ1) is 22.4. The summed E-state index contributed by atoms with van der Waals surface area (Å²) in [6.07, 6.45) is 8.47. The van der Waals surface area contributed by atoms with Crippen LogP contribution in [0.1, 0.15) is 66.6 Å². The van der Waals surface area contributed by atoms with E-state index in [1.807, 2.05) is 18.5 Å². The zero-order valence-electron chi connectivity index (χ0n) is 20.3. The minimum absolute atomic E-state index is 0.264. The number of nitrogen functional groups attached to an aromatic ring is 1. The van der Waals surface area contributed by atoms with Crippen LogP contribution in [0.2, 0.25) is 0 Å². The fourth-order valence-electron chi connectivity index (χ4n) is 6.59. The summed E-state index contributed by atoms with van der Waals surface area (Å²) >= 11 is 0. The Bertz CT molecular complexity index is 1290. The second-order valence-corrected chi connectivity index (χ2v) is 10.5. The SMILES string of the molecule is CC[C@]1(c2cc(F)ccc2F)C2CCN(c3cnc(Cc4ccnc(C5CC5)c4C)c(N)n3)CC21. The van der Waals surface area contributed by atoms with Crippen molar-refractivity contribution >= 4 is 11.6 Å². The Kier molecular flexibility index (Phi) is 5.27. The van der Waals surface area contributed by atoms with E-state index in [1.165, 1.54) is 47.9 Å². The van der Waals surface area contributed by atoms with Crippen LogP contribution in [0.5, 0.6) is 0 Å². The average Bonchev–Trinajstić information content (AvgIpc) is 3.78. The Morgan fingerprint density at radius 2 is 1.94 bits per heavy atom. The molecule has 3 atom stereocenters. The molecular formula is C28H31F2N5. The number of piperidine rings is 1. The monoisotopic (exact) mass is 475 g/mol. The minimum atomic E-state index is -0.377. The van der Waals surface area contributed by atoms with E-state index in [0.717, 1.165) is 37.4 Å². The maximum atomic E-state index is 14.7. The molecular weight excluding hydrogens is 444 g/mol. The van der Waals surface area contributed by atoms with Gasteiger partial charge in [0.25, 0.3) is 0 Å². The number of rotatable bonds is 6. The van der Waals surface area contributed by atoms with E-state index in [0.29, 0.717) is 29.6 Å². The van der Waals surface area contributed by atoms with Crippen molar-refractivity contribution in [3.8, 4) is 0 Å². The number of aromatic nitrogens is 3. The molecule has 2 aliphatic carbocycles. The average molecular weight is 476 g/mol. The second kappa shape index (κ2) is 8.25. The molecule has 2 aromatic heterocycles. The molecule has 182 valence electrons. The van der Waals surface area contributed by atoms with Crippen LogP contribution in [0.3, 0.4) is 0 Å². The third-order valence-electron chi connectivity index (χ3n) is 8.71. The van der Waals surface area contributed by atoms with Crippen molar-refractivity contribution in [1.29, 1.82) is 0 Å². The maximum Gasteiger partial charge on any atom is 0.149 e. The van der Waals surface area contributed by atoms with E-state index >= 15 is 0 Å². The van der Waals surface area contributed by atoms with Crippen molar-refractivity contribution in [3.05, 3.63) is 76.4 Å². The zero-order chi connectivity index (χ0) is 24.3. The molecule has 3 aliphatic rings. The van der Waals surface area contributed by atoms with Crippen molar-refractivity contribution in [3.63, 3.8) is 0 Å². The van der Waals surface area contributed by atoms with E-state index in [1.54, 1.807) is 0 Å². The van der Waals surface area contributed by atoms with Crippen LogP contribution in [0.25, 0.3) is 0 Å². The lowest BCUT2D eigenvalue weighted by Crippen LogP contribution is -2.32. The van der Waals surface area contributed by atoms with E-state index in [4.69, 9.17) is 15.7 Å². The lowest BCUT2D eigenvalue weighted by Gasteiger charge is -2.27. The second-order valence-electron chi connectivity index (χ2n) is 10.5. The molecule has 2 N–H and O–H groups in total. The third-order valence-corrected chi connectivity index (χ3v) is 8.71. The number of halogens is 2. The molecule has 2 saturated carbocycles. The molecule has 0 bridgehead atoms. The molecule has 0 amide bonds. The predicted molar refractivity (Wildman–Crippen MR) is 132 cm³/mol. The Hall–Kier alpha value is -3.09. The lowest BCUT2D eigenvalue weighted by molar-refractivity contribution is 0.507. The topological polar surface area (TPSA) is 67.9 Å². The smallest absolute Gasteiger partial charge is 0.149 e. The van der Waals surface area contributed by atoms with Gasteiger partial charge in [0.1, 0.15) is 23.3 Å². The van der Waals surface area contributed by atoms with E-state index in [2.05, 4.69) is 23.7 Å². The standard InChI is InChI=1S/C28H31F2N5/c1-3-28(21-13-19(29)6-7-23(21)30)20-9-11-35(15-22(20)28)25-14-33-24(27(31)34-25)12-18-8-10-32-26(16(18)2)17-4-5-17/h6-8,10,13-14,17,20,22H,3-5,9,11-12,15H2,1-2H3,(H2,31,34)/t20?,22?,28-/m1/s1. The van der Waals surface area contributed by atoms with Crippen molar-refractivity contribution in [1.82, 2.24) is 15.0 Å². The minimum Gasteiger partial charge on any atom is -0.382 e. The van der Waals surface area contributed by atoms with Gasteiger partial charge in [0.2, 0.25) is 0 Å². The van der Waals surface area contributed by atoms with Gasteiger partial charge in [-0.3, -0.25) is 9.97 Å². The summed E-state index contributed by atoms with van der Waals surface area (Å²) in [6.45, 7) is 5.77. The number of fused-ring (bicyclic) bond motifs is 1. The van der Waals surface area contributed by atoms with Crippen molar-refractivity contribution in [2.75, 3.05) is 23.7 Å². The first-order valence-corrected chi connectivity index (χ1v) is 12.7. The Morgan fingerprint density at radius 1 is 1.11 bits per heavy atom. The number of benzene rings is 1. The highest BCUT2D eigenvalue weighted by Crippen LogP contribution is 2.66. The molecule has 7 heteroatoms. The predicted octanol–water partition coefficient (Wildman–Crippen LogP) is 5.31. The highest BCUT2D eigenvalue weighted by atomic mass is 19.1. The van der Waals surface area contributed by atoms with Crippen molar-refractivity contribution in [2.24, 2.45) is 11.8 Å². The Balaban J connectivity index is 1.21. The molecule has 6 rings (SSSR count). The summed E-state index contributed by atoms with van der Waals surface area (Å²) in [4.78, 5) is 16.2. The largest absolute Gasteiger partial charge is 0.382 e. The molecule has 1 aromatic carbocycles. The molecule has 0 spiro atoms. The van der Waals surface area contributed by atoms with Gasteiger partial charge in [0.05, 0.1) is 11.9 Å². The zero-order valence-corrected chi connectivity index (χ0v) is 20.3. The van der Waals surface area contributed by atoms with Gasteiger partial charge in [-0.1, -0.05) is 6.92 Å². The lowest BCUT2D eigenvalue weighted by atomic mass is 9.88. The number of nitrogens with two attached hydrogens (primary N) is 1. The summed E-state index contributed by atoms with van der Waals surface area (Å²) in [7, 11) is 0. The molecule has 5 nitrogen and oxygen atoms in total. The first-order valence-electron chi connectivity index (χ1n) is 12.7. The van der Waals surface area contributed by atoms with Gasteiger partial charge in [0, 0.05) is 42.7 Å². The molecule has 1 saturated heterocycles. The first-order chi connectivity index (χ1) is 16.9. The summed E-state index contributed by atoms with van der Waals surface area (Å²) in [6, 6.07) is 5.89. The summed E-state index contributed by atoms with van der Waals surface area (Å²) in [5, 5.41) is 0. The number of pyridine rings is 1. The molecule has 3 heterocycles. The summed E-state index contributed by atoms with van der Waals surface area (Å²) in [5.74, 6) is 1.74. The van der Waals surface area contributed by atoms with E-state index < -0.39 is 0 Å². The molecule has 35 heavy (non-hydrogen) atoms. The van der Waals surface area contributed by atoms with Gasteiger partial charge in [-0.15, -0.1) is 0 Å². The highest BCUT2D eigenvalue weighted by molar-refractivity contribution is 5.50. The van der Waals surface area contributed by atoms with Gasteiger partial charge < -0.3 is 10.6 Å². The van der Waals surface area contributed by atoms with Gasteiger partial charge in [-0.2, -0.15) is 0 Å². The quantitative estimate of drug-likeness (QED) is 0.523. The van der Waals surface area contributed by atoms with Crippen molar-refractivity contribution in [2.45, 2.75) is 57.3 Å². The molecule has 0 radical (unpaired) electrons. The van der Waals surface area contributed by atoms with Gasteiger partial charge in [0.15, 0.2) is 0 Å². The number of anilines is 2. The van der Waals surface area contributed by atoms with Crippen LogP contribution in [-0.2, 0) is 11.8 Å². The van der Waals surface area contributed by atoms with Gasteiger partial charge in [-0.05, 0) is 85.4 Å². The van der Waals surface area contributed by atoms with E-state index in [-0.39, 0.29) is 23.0 Å². The van der Waals surface area contributed by atoms with Crippen LogP contribution in [-0.4, -0.2) is 28.0 Å². The molecule has 2 unspecified atom stereocenters. The fourth-order valence-corrected chi connectivity index (χ4v) is 6.59. The number of hydrogen-bond donors (Lipinski definition) is 1. The number of nitrogens with zero attached hydrogens (tertiary/aromatic N) is 4. The molecule has 1 aliphatic heterocycles. The summed E-state index contributed by atoms with van der Waals surface area (Å²) in [5.41, 5.74) is 11.0.